The van der Waals surface area contributed by atoms with Gasteiger partial charge >= 0.3 is 0 Å². The molecule has 4 rings (SSSR count). The SMILES string of the molecule is C=CCn1c(SCC(=O)c2ccc3c(c2)CCCC3)nnc1-c1ccncc1. The van der Waals surface area contributed by atoms with Gasteiger partial charge in [-0.3, -0.25) is 14.3 Å². The topological polar surface area (TPSA) is 60.7 Å². The van der Waals surface area contributed by atoms with E-state index >= 15 is 0 Å². The van der Waals surface area contributed by atoms with Crippen molar-refractivity contribution in [1.29, 1.82) is 0 Å². The number of hydrogen-bond acceptors (Lipinski definition) is 5. The number of Topliss-reactive ketones (excluding diaryl/α,β-unsaturated/α-hetero) is 1. The quantitative estimate of drug-likeness (QED) is 0.340. The molecule has 0 fully saturated rings. The smallest absolute Gasteiger partial charge is 0.192 e. The maximum Gasteiger partial charge on any atom is 0.192 e. The molecule has 0 saturated carbocycles. The number of allylic oxidation sites excluding steroid dienone is 1. The van der Waals surface area contributed by atoms with Crippen LogP contribution in [0.15, 0.2) is 60.5 Å². The fourth-order valence-corrected chi connectivity index (χ4v) is 4.37. The van der Waals surface area contributed by atoms with Gasteiger partial charge in [-0.05, 0) is 55.0 Å². The highest BCUT2D eigenvalue weighted by molar-refractivity contribution is 7.99. The molecule has 3 aromatic rings. The highest BCUT2D eigenvalue weighted by atomic mass is 32.2. The minimum atomic E-state index is 0.122. The molecule has 5 nitrogen and oxygen atoms in total. The lowest BCUT2D eigenvalue weighted by Crippen LogP contribution is -2.08. The molecular formula is C22H22N4OS. The third-order valence-electron chi connectivity index (χ3n) is 4.97. The first-order valence-corrected chi connectivity index (χ1v) is 10.5. The van der Waals surface area contributed by atoms with Crippen LogP contribution >= 0.6 is 11.8 Å². The molecule has 6 heteroatoms. The molecule has 0 saturated heterocycles. The van der Waals surface area contributed by atoms with E-state index in [4.69, 9.17) is 0 Å². The van der Waals surface area contributed by atoms with Crippen LogP contribution < -0.4 is 0 Å². The number of ketones is 1. The molecule has 0 unspecified atom stereocenters. The number of carbonyl (C=O) groups excluding carboxylic acids is 1. The van der Waals surface area contributed by atoms with Crippen molar-refractivity contribution < 1.29 is 4.79 Å². The molecule has 142 valence electrons. The Kier molecular flexibility index (Phi) is 5.67. The standard InChI is InChI=1S/C22H22N4OS/c1-2-13-26-21(17-9-11-23-12-10-17)24-25-22(26)28-15-20(27)19-8-7-16-5-3-4-6-18(16)14-19/h2,7-12,14H,1,3-6,13,15H2. The molecule has 2 heterocycles. The van der Waals surface area contributed by atoms with Gasteiger partial charge in [0.2, 0.25) is 0 Å². The van der Waals surface area contributed by atoms with Crippen LogP contribution in [0, 0.1) is 0 Å². The van der Waals surface area contributed by atoms with Crippen LogP contribution in [0.2, 0.25) is 0 Å². The lowest BCUT2D eigenvalue weighted by Gasteiger charge is -2.16. The summed E-state index contributed by atoms with van der Waals surface area (Å²) in [6, 6.07) is 9.96. The fourth-order valence-electron chi connectivity index (χ4n) is 3.52. The van der Waals surface area contributed by atoms with Crippen molar-refractivity contribution in [1.82, 2.24) is 19.7 Å². The van der Waals surface area contributed by atoms with E-state index in [0.717, 1.165) is 34.9 Å². The zero-order chi connectivity index (χ0) is 19.3. The van der Waals surface area contributed by atoms with E-state index < -0.39 is 0 Å². The molecule has 0 spiro atoms. The highest BCUT2D eigenvalue weighted by Crippen LogP contribution is 2.26. The van der Waals surface area contributed by atoms with Crippen molar-refractivity contribution in [3.63, 3.8) is 0 Å². The van der Waals surface area contributed by atoms with Crippen LogP contribution in [-0.4, -0.2) is 31.3 Å². The summed E-state index contributed by atoms with van der Waals surface area (Å²) in [7, 11) is 0. The fraction of sp³-hybridized carbons (Fsp3) is 0.273. The highest BCUT2D eigenvalue weighted by Gasteiger charge is 2.17. The molecule has 0 radical (unpaired) electrons. The second-order valence-corrected chi connectivity index (χ2v) is 7.79. The summed E-state index contributed by atoms with van der Waals surface area (Å²) in [5.74, 6) is 1.22. The molecule has 28 heavy (non-hydrogen) atoms. The van der Waals surface area contributed by atoms with Gasteiger partial charge in [-0.25, -0.2) is 0 Å². The Labute approximate surface area is 168 Å². The lowest BCUT2D eigenvalue weighted by atomic mass is 9.90. The Bertz CT molecular complexity index is 997. The summed E-state index contributed by atoms with van der Waals surface area (Å²) < 4.78 is 1.98. The van der Waals surface area contributed by atoms with Crippen LogP contribution in [-0.2, 0) is 19.4 Å². The van der Waals surface area contributed by atoms with E-state index in [1.165, 1.54) is 35.7 Å². The van der Waals surface area contributed by atoms with Crippen molar-refractivity contribution >= 4 is 17.5 Å². The van der Waals surface area contributed by atoms with Gasteiger partial charge in [0.1, 0.15) is 0 Å². The average molecular weight is 391 g/mol. The van der Waals surface area contributed by atoms with Crippen LogP contribution in [0.25, 0.3) is 11.4 Å². The lowest BCUT2D eigenvalue weighted by molar-refractivity contribution is 0.102. The van der Waals surface area contributed by atoms with E-state index in [1.54, 1.807) is 12.4 Å². The van der Waals surface area contributed by atoms with Crippen LogP contribution in [0.5, 0.6) is 0 Å². The van der Waals surface area contributed by atoms with Crippen LogP contribution in [0.4, 0.5) is 0 Å². The molecule has 0 bridgehead atoms. The van der Waals surface area contributed by atoms with Crippen molar-refractivity contribution in [3.8, 4) is 11.4 Å². The zero-order valence-corrected chi connectivity index (χ0v) is 16.5. The molecular weight excluding hydrogens is 368 g/mol. The van der Waals surface area contributed by atoms with Gasteiger partial charge in [0.05, 0.1) is 5.75 Å². The predicted molar refractivity (Wildman–Crippen MR) is 112 cm³/mol. The molecule has 0 N–H and O–H groups in total. The number of carbonyl (C=O) groups is 1. The van der Waals surface area contributed by atoms with Gasteiger partial charge in [-0.2, -0.15) is 0 Å². The number of fused-ring (bicyclic) bond motifs is 1. The molecule has 2 aromatic heterocycles. The van der Waals surface area contributed by atoms with Gasteiger partial charge in [-0.1, -0.05) is 30.0 Å². The summed E-state index contributed by atoms with van der Waals surface area (Å²) in [5, 5.41) is 9.34. The Balaban J connectivity index is 1.51. The van der Waals surface area contributed by atoms with Gasteiger partial charge in [0.15, 0.2) is 16.8 Å². The number of pyridine rings is 1. The predicted octanol–water partition coefficient (Wildman–Crippen LogP) is 4.38. The largest absolute Gasteiger partial charge is 0.298 e. The van der Waals surface area contributed by atoms with Crippen molar-refractivity contribution in [2.45, 2.75) is 37.4 Å². The minimum Gasteiger partial charge on any atom is -0.298 e. The Hall–Kier alpha value is -2.73. The van der Waals surface area contributed by atoms with Gasteiger partial charge in [0, 0.05) is 30.1 Å². The normalized spacial score (nSPS) is 13.1. The van der Waals surface area contributed by atoms with E-state index in [9.17, 15) is 4.79 Å². The van der Waals surface area contributed by atoms with Gasteiger partial charge in [-0.15, -0.1) is 16.8 Å². The molecule has 0 amide bonds. The van der Waals surface area contributed by atoms with Crippen LogP contribution in [0.3, 0.4) is 0 Å². The van der Waals surface area contributed by atoms with E-state index in [2.05, 4.69) is 33.9 Å². The maximum atomic E-state index is 12.7. The third kappa shape index (κ3) is 3.92. The second-order valence-electron chi connectivity index (χ2n) is 6.84. The summed E-state index contributed by atoms with van der Waals surface area (Å²) >= 11 is 1.42. The van der Waals surface area contributed by atoms with Gasteiger partial charge in [0.25, 0.3) is 0 Å². The Morgan fingerprint density at radius 2 is 1.89 bits per heavy atom. The Morgan fingerprint density at radius 3 is 2.68 bits per heavy atom. The minimum absolute atomic E-state index is 0.122. The second kappa shape index (κ2) is 8.52. The van der Waals surface area contributed by atoms with E-state index in [1.807, 2.05) is 28.8 Å². The number of nitrogens with zero attached hydrogens (tertiary/aromatic N) is 4. The number of benzene rings is 1. The van der Waals surface area contributed by atoms with Crippen molar-refractivity contribution in [2.24, 2.45) is 0 Å². The summed E-state index contributed by atoms with van der Waals surface area (Å²) in [5.41, 5.74) is 4.45. The van der Waals surface area contributed by atoms with Gasteiger partial charge < -0.3 is 0 Å². The molecule has 1 aliphatic carbocycles. The Morgan fingerprint density at radius 1 is 1.11 bits per heavy atom. The molecule has 1 aromatic carbocycles. The first-order valence-electron chi connectivity index (χ1n) is 9.48. The number of rotatable bonds is 7. The number of hydrogen-bond donors (Lipinski definition) is 0. The maximum absolute atomic E-state index is 12.7. The first kappa shape index (κ1) is 18.6. The first-order chi connectivity index (χ1) is 13.8. The van der Waals surface area contributed by atoms with Crippen molar-refractivity contribution in [2.75, 3.05) is 5.75 Å². The molecule has 0 atom stereocenters. The van der Waals surface area contributed by atoms with Crippen LogP contribution in [0.1, 0.15) is 34.3 Å². The summed E-state index contributed by atoms with van der Waals surface area (Å²) in [6.45, 7) is 4.41. The number of aryl methyl sites for hydroxylation is 2. The summed E-state index contributed by atoms with van der Waals surface area (Å²) in [6.07, 6.45) is 9.93. The zero-order valence-electron chi connectivity index (χ0n) is 15.7. The molecule has 1 aliphatic rings. The molecule has 0 aliphatic heterocycles. The number of thioether (sulfide) groups is 1. The van der Waals surface area contributed by atoms with Crippen molar-refractivity contribution in [3.05, 3.63) is 72.1 Å². The monoisotopic (exact) mass is 390 g/mol. The third-order valence-corrected chi connectivity index (χ3v) is 5.94. The van der Waals surface area contributed by atoms with E-state index in [-0.39, 0.29) is 5.78 Å². The summed E-state index contributed by atoms with van der Waals surface area (Å²) in [4.78, 5) is 16.8. The number of aromatic nitrogens is 4. The van der Waals surface area contributed by atoms with E-state index in [0.29, 0.717) is 12.3 Å². The average Bonchev–Trinajstić information content (AvgIpc) is 3.15.